The fourth-order valence-corrected chi connectivity index (χ4v) is 5.26. The quantitative estimate of drug-likeness (QED) is 0.403. The van der Waals surface area contributed by atoms with Gasteiger partial charge in [0.1, 0.15) is 0 Å². The van der Waals surface area contributed by atoms with Crippen molar-refractivity contribution < 1.29 is 9.59 Å². The van der Waals surface area contributed by atoms with Crippen LogP contribution in [0, 0.1) is 0 Å². The number of thioether (sulfide) groups is 1. The summed E-state index contributed by atoms with van der Waals surface area (Å²) in [5.41, 5.74) is 3.46. The van der Waals surface area contributed by atoms with Crippen LogP contribution in [0.4, 0.5) is 0 Å². The standard InChI is InChI=1S/C26H19BrN2O2S/c27-20-13-11-18(12-14-20)24-22(25(31)19-9-5-2-6-10-19)23(17-7-3-1-4-8-17)28-26-29(24)21(30)15-16-32-26/h1-14,24H,15-16H2. The van der Waals surface area contributed by atoms with Gasteiger partial charge in [0, 0.05) is 27.8 Å². The van der Waals surface area contributed by atoms with E-state index in [1.807, 2.05) is 84.9 Å². The normalized spacial score (nSPS) is 18.3. The maximum absolute atomic E-state index is 13.9. The number of hydrogen-bond acceptors (Lipinski definition) is 4. The van der Waals surface area contributed by atoms with Crippen LogP contribution in [0.15, 0.2) is 100.0 Å². The summed E-state index contributed by atoms with van der Waals surface area (Å²) < 4.78 is 0.938. The number of rotatable bonds is 4. The molecule has 1 atom stereocenters. The lowest BCUT2D eigenvalue weighted by Crippen LogP contribution is -2.45. The van der Waals surface area contributed by atoms with Crippen LogP contribution < -0.4 is 0 Å². The van der Waals surface area contributed by atoms with Gasteiger partial charge in [0.25, 0.3) is 0 Å². The van der Waals surface area contributed by atoms with E-state index in [9.17, 15) is 9.59 Å². The molecule has 1 saturated heterocycles. The zero-order chi connectivity index (χ0) is 22.1. The fourth-order valence-electron chi connectivity index (χ4n) is 4.03. The molecule has 5 rings (SSSR count). The first-order valence-corrected chi connectivity index (χ1v) is 12.1. The Morgan fingerprint density at radius 2 is 1.59 bits per heavy atom. The van der Waals surface area contributed by atoms with Gasteiger partial charge in [-0.15, -0.1) is 0 Å². The van der Waals surface area contributed by atoms with Crippen molar-refractivity contribution in [2.24, 2.45) is 4.99 Å². The fraction of sp³-hybridized carbons (Fsp3) is 0.115. The van der Waals surface area contributed by atoms with Gasteiger partial charge in [0.15, 0.2) is 11.0 Å². The second-order valence-corrected chi connectivity index (χ2v) is 9.51. The van der Waals surface area contributed by atoms with Gasteiger partial charge in [0.05, 0.1) is 17.3 Å². The number of fused-ring (bicyclic) bond motifs is 1. The molecule has 0 aromatic heterocycles. The van der Waals surface area contributed by atoms with E-state index in [2.05, 4.69) is 15.9 Å². The highest BCUT2D eigenvalue weighted by Crippen LogP contribution is 2.44. The molecule has 1 unspecified atom stereocenters. The second kappa shape index (κ2) is 8.88. The number of benzene rings is 3. The topological polar surface area (TPSA) is 49.7 Å². The average Bonchev–Trinajstić information content (AvgIpc) is 2.84. The largest absolute Gasteiger partial charge is 0.289 e. The van der Waals surface area contributed by atoms with Crippen LogP contribution >= 0.6 is 27.7 Å². The van der Waals surface area contributed by atoms with E-state index in [0.29, 0.717) is 34.2 Å². The number of carbonyl (C=O) groups excluding carboxylic acids is 2. The van der Waals surface area contributed by atoms with Crippen LogP contribution in [0.2, 0.25) is 0 Å². The van der Waals surface area contributed by atoms with Crippen molar-refractivity contribution in [1.29, 1.82) is 0 Å². The molecule has 0 bridgehead atoms. The summed E-state index contributed by atoms with van der Waals surface area (Å²) in [6.45, 7) is 0. The van der Waals surface area contributed by atoms with Crippen LogP contribution in [-0.4, -0.2) is 27.5 Å². The molecule has 0 saturated carbocycles. The summed E-state index contributed by atoms with van der Waals surface area (Å²) in [7, 11) is 0. The van der Waals surface area contributed by atoms with E-state index in [-0.39, 0.29) is 11.7 Å². The predicted molar refractivity (Wildman–Crippen MR) is 132 cm³/mol. The second-order valence-electron chi connectivity index (χ2n) is 7.53. The van der Waals surface area contributed by atoms with Crippen LogP contribution in [0.25, 0.3) is 5.70 Å². The van der Waals surface area contributed by atoms with Gasteiger partial charge >= 0.3 is 0 Å². The molecule has 3 aromatic rings. The maximum Gasteiger partial charge on any atom is 0.230 e. The van der Waals surface area contributed by atoms with Crippen LogP contribution in [0.1, 0.15) is 33.9 Å². The molecule has 6 heteroatoms. The monoisotopic (exact) mass is 502 g/mol. The van der Waals surface area contributed by atoms with Crippen LogP contribution in [-0.2, 0) is 4.79 Å². The molecule has 0 radical (unpaired) electrons. The van der Waals surface area contributed by atoms with Crippen molar-refractivity contribution in [1.82, 2.24) is 4.90 Å². The summed E-state index contributed by atoms with van der Waals surface area (Å²) >= 11 is 5.05. The molecule has 0 aliphatic carbocycles. The number of hydrogen-bond donors (Lipinski definition) is 0. The molecule has 158 valence electrons. The lowest BCUT2D eigenvalue weighted by atomic mass is 9.87. The van der Waals surface area contributed by atoms with Crippen molar-refractivity contribution in [3.05, 3.63) is 112 Å². The Labute approximate surface area is 199 Å². The van der Waals surface area contributed by atoms with E-state index < -0.39 is 6.04 Å². The van der Waals surface area contributed by atoms with Gasteiger partial charge in [-0.05, 0) is 17.7 Å². The number of amides is 1. The van der Waals surface area contributed by atoms with Crippen molar-refractivity contribution in [2.75, 3.05) is 5.75 Å². The lowest BCUT2D eigenvalue weighted by molar-refractivity contribution is -0.128. The van der Waals surface area contributed by atoms with Gasteiger partial charge in [-0.1, -0.05) is 100 Å². The first kappa shape index (κ1) is 20.9. The van der Waals surface area contributed by atoms with Crippen molar-refractivity contribution >= 4 is 50.2 Å². The summed E-state index contributed by atoms with van der Waals surface area (Å²) in [5.74, 6) is 0.551. The number of nitrogens with zero attached hydrogens (tertiary/aromatic N) is 2. The molecular weight excluding hydrogens is 484 g/mol. The Balaban J connectivity index is 1.79. The molecule has 2 heterocycles. The molecule has 0 N–H and O–H groups in total. The van der Waals surface area contributed by atoms with Crippen molar-refractivity contribution in [3.8, 4) is 0 Å². The minimum Gasteiger partial charge on any atom is -0.289 e. The highest BCUT2D eigenvalue weighted by atomic mass is 79.9. The molecule has 32 heavy (non-hydrogen) atoms. The number of Topliss-reactive ketones (excluding diaryl/α,β-unsaturated/α-hetero) is 1. The Morgan fingerprint density at radius 1 is 0.938 bits per heavy atom. The number of aliphatic imine (C=N–C) groups is 1. The van der Waals surface area contributed by atoms with Gasteiger partial charge in [0.2, 0.25) is 5.91 Å². The Bertz CT molecular complexity index is 1240. The average molecular weight is 503 g/mol. The van der Waals surface area contributed by atoms with E-state index in [4.69, 9.17) is 4.99 Å². The van der Waals surface area contributed by atoms with Crippen LogP contribution in [0.3, 0.4) is 0 Å². The Morgan fingerprint density at radius 3 is 2.28 bits per heavy atom. The lowest BCUT2D eigenvalue weighted by Gasteiger charge is -2.39. The highest BCUT2D eigenvalue weighted by Gasteiger charge is 2.42. The van der Waals surface area contributed by atoms with Crippen molar-refractivity contribution in [2.45, 2.75) is 12.5 Å². The maximum atomic E-state index is 13.9. The van der Waals surface area contributed by atoms with E-state index in [1.54, 1.807) is 16.7 Å². The summed E-state index contributed by atoms with van der Waals surface area (Å²) in [6, 6.07) is 26.2. The molecular formula is C26H19BrN2O2S. The predicted octanol–water partition coefficient (Wildman–Crippen LogP) is 6.12. The third-order valence-corrected chi connectivity index (χ3v) is 7.01. The Kier molecular flexibility index (Phi) is 5.81. The van der Waals surface area contributed by atoms with Crippen molar-refractivity contribution in [3.63, 3.8) is 0 Å². The van der Waals surface area contributed by atoms with E-state index in [1.165, 1.54) is 0 Å². The summed E-state index contributed by atoms with van der Waals surface area (Å²) in [5, 5.41) is 0.651. The summed E-state index contributed by atoms with van der Waals surface area (Å²) in [4.78, 5) is 33.6. The molecule has 1 fully saturated rings. The molecule has 0 spiro atoms. The van der Waals surface area contributed by atoms with Gasteiger partial charge < -0.3 is 0 Å². The zero-order valence-electron chi connectivity index (χ0n) is 17.1. The first-order chi connectivity index (χ1) is 15.6. The summed E-state index contributed by atoms with van der Waals surface area (Å²) in [6.07, 6.45) is 0.421. The Hall–Kier alpha value is -2.96. The zero-order valence-corrected chi connectivity index (χ0v) is 19.5. The van der Waals surface area contributed by atoms with Crippen LogP contribution in [0.5, 0.6) is 0 Å². The first-order valence-electron chi connectivity index (χ1n) is 10.3. The van der Waals surface area contributed by atoms with Gasteiger partial charge in [-0.25, -0.2) is 4.99 Å². The number of ketones is 1. The smallest absolute Gasteiger partial charge is 0.230 e. The molecule has 2 aliphatic rings. The number of halogens is 1. The molecule has 3 aromatic carbocycles. The molecule has 1 amide bonds. The highest BCUT2D eigenvalue weighted by molar-refractivity contribution is 9.10. The third kappa shape index (κ3) is 3.85. The van der Waals surface area contributed by atoms with E-state index in [0.717, 1.165) is 15.6 Å². The number of carbonyl (C=O) groups is 2. The minimum absolute atomic E-state index is 0.0131. The number of amidine groups is 1. The molecule has 2 aliphatic heterocycles. The third-order valence-electron chi connectivity index (χ3n) is 5.53. The van der Waals surface area contributed by atoms with Gasteiger partial charge in [-0.2, -0.15) is 0 Å². The minimum atomic E-state index is -0.543. The molecule has 4 nitrogen and oxygen atoms in total. The van der Waals surface area contributed by atoms with E-state index >= 15 is 0 Å². The SMILES string of the molecule is O=C(C1=C(c2ccccc2)N=C2SCCC(=O)N2C1c1ccc(Br)cc1)c1ccccc1. The van der Waals surface area contributed by atoms with Gasteiger partial charge in [-0.3, -0.25) is 14.5 Å².